The van der Waals surface area contributed by atoms with E-state index in [0.29, 0.717) is 9.13 Å². The molecule has 1 aromatic carbocycles. The molecular weight excluding hydrogens is 626 g/mol. The molecule has 1 aromatic heterocycles. The molecule has 4 atom stereocenters. The summed E-state index contributed by atoms with van der Waals surface area (Å²) in [5.74, 6) is -0.522. The van der Waals surface area contributed by atoms with E-state index in [1.165, 1.54) is 10.8 Å². The first-order valence-electron chi connectivity index (χ1n) is 12.3. The largest absolute Gasteiger partial charge is 0.456 e. The molecule has 1 aliphatic rings. The van der Waals surface area contributed by atoms with Crippen LogP contribution in [0.25, 0.3) is 0 Å². The van der Waals surface area contributed by atoms with Gasteiger partial charge in [-0.1, -0.05) is 18.2 Å². The monoisotopic (exact) mass is 658 g/mol. The Labute approximate surface area is 236 Å². The summed E-state index contributed by atoms with van der Waals surface area (Å²) in [4.78, 5) is 39.5. The van der Waals surface area contributed by atoms with Gasteiger partial charge in [0, 0.05) is 24.7 Å². The molecule has 13 heteroatoms. The van der Waals surface area contributed by atoms with Gasteiger partial charge >= 0.3 is 11.7 Å². The van der Waals surface area contributed by atoms with Gasteiger partial charge in [-0.2, -0.15) is 5.26 Å². The summed E-state index contributed by atoms with van der Waals surface area (Å²) in [5, 5.41) is 8.95. The van der Waals surface area contributed by atoms with Crippen molar-refractivity contribution in [2.75, 3.05) is 13.2 Å². The fourth-order valence-corrected chi connectivity index (χ4v) is 6.10. The first-order valence-corrected chi connectivity index (χ1v) is 14.5. The zero-order chi connectivity index (χ0) is 27.8. The topological polar surface area (TPSA) is 136 Å². The van der Waals surface area contributed by atoms with Crippen molar-refractivity contribution in [1.29, 1.82) is 5.26 Å². The van der Waals surface area contributed by atoms with E-state index in [4.69, 9.17) is 23.8 Å². The molecule has 206 valence electrons. The molecule has 1 N–H and O–H groups in total. The van der Waals surface area contributed by atoms with Crippen LogP contribution in [0.15, 0.2) is 46.1 Å². The smallest absolute Gasteiger partial charge is 0.338 e. The van der Waals surface area contributed by atoms with Gasteiger partial charge in [0.05, 0.1) is 34.8 Å². The van der Waals surface area contributed by atoms with Crippen LogP contribution in [0.2, 0.25) is 0 Å². The highest BCUT2D eigenvalue weighted by Gasteiger charge is 2.41. The molecule has 38 heavy (non-hydrogen) atoms. The lowest BCUT2D eigenvalue weighted by Crippen LogP contribution is -2.36. The number of benzene rings is 1. The third-order valence-corrected chi connectivity index (χ3v) is 8.54. The molecule has 1 unspecified atom stereocenters. The lowest BCUT2D eigenvalue weighted by atomic mass is 10.1. The first kappa shape index (κ1) is 30.4. The van der Waals surface area contributed by atoms with Crippen LogP contribution < -0.4 is 11.2 Å². The van der Waals surface area contributed by atoms with Gasteiger partial charge in [-0.3, -0.25) is 14.3 Å². The van der Waals surface area contributed by atoms with Crippen LogP contribution in [-0.2, 0) is 18.5 Å². The van der Waals surface area contributed by atoms with Gasteiger partial charge in [0.1, 0.15) is 18.4 Å². The minimum atomic E-state index is -1.55. The van der Waals surface area contributed by atoms with Gasteiger partial charge < -0.3 is 18.5 Å². The molecule has 1 saturated heterocycles. The Hall–Kier alpha value is -2.14. The number of rotatable bonds is 12. The number of aromatic amines is 1. The lowest BCUT2D eigenvalue weighted by molar-refractivity contribution is -0.0498. The Morgan fingerprint density at radius 3 is 2.55 bits per heavy atom. The molecule has 0 radical (unpaired) electrons. The Kier molecular flexibility index (Phi) is 11.4. The maximum Gasteiger partial charge on any atom is 0.338 e. The zero-order valence-corrected chi connectivity index (χ0v) is 24.8. The van der Waals surface area contributed by atoms with Crippen molar-refractivity contribution in [2.45, 2.75) is 71.1 Å². The van der Waals surface area contributed by atoms with Crippen LogP contribution in [-0.4, -0.2) is 57.7 Å². The predicted octanol–water partition coefficient (Wildman–Crippen LogP) is 3.95. The van der Waals surface area contributed by atoms with Crippen LogP contribution in [0.1, 0.15) is 57.1 Å². The number of halogens is 1. The Bertz CT molecular complexity index is 1220. The number of H-pyrrole nitrogens is 1. The van der Waals surface area contributed by atoms with E-state index in [9.17, 15) is 14.4 Å². The van der Waals surface area contributed by atoms with Crippen molar-refractivity contribution in [3.8, 4) is 6.07 Å². The summed E-state index contributed by atoms with van der Waals surface area (Å²) in [5.41, 5.74) is -0.721. The molecular formula is C25H32IN4O7P. The lowest BCUT2D eigenvalue weighted by Gasteiger charge is -2.36. The maximum absolute atomic E-state index is 12.9. The van der Waals surface area contributed by atoms with E-state index in [-0.39, 0.29) is 38.1 Å². The molecule has 2 heterocycles. The van der Waals surface area contributed by atoms with Crippen molar-refractivity contribution in [1.82, 2.24) is 14.2 Å². The Balaban J connectivity index is 1.84. The zero-order valence-electron chi connectivity index (χ0n) is 21.7. The third-order valence-electron chi connectivity index (χ3n) is 5.69. The number of hydrogen-bond acceptors (Lipinski definition) is 9. The van der Waals surface area contributed by atoms with E-state index in [1.807, 2.05) is 50.3 Å². The second kappa shape index (κ2) is 14.3. The third kappa shape index (κ3) is 7.94. The van der Waals surface area contributed by atoms with Crippen molar-refractivity contribution in [3.63, 3.8) is 0 Å². The van der Waals surface area contributed by atoms with Crippen molar-refractivity contribution < 1.29 is 23.3 Å². The summed E-state index contributed by atoms with van der Waals surface area (Å²) in [7, 11) is -1.55. The number of carbonyl (C=O) groups excluding carboxylic acids is 1. The Morgan fingerprint density at radius 2 is 1.92 bits per heavy atom. The van der Waals surface area contributed by atoms with E-state index < -0.39 is 44.2 Å². The standard InChI is InChI=1S/C25H32IN4O7P/c1-16(2)30(17(3)4)38(34-12-8-11-27)35-15-21-20(37-24(32)18-9-6-5-7-10-18)13-22(36-21)29-14-19(26)23(31)28-25(29)33/h5-7,9-10,14,16-17,20-22H,8,12-13,15H2,1-4H3,(H,28,31,33)/t20-,21+,22+,38?/m0/s1. The van der Waals surface area contributed by atoms with Crippen LogP contribution in [0, 0.1) is 14.9 Å². The quantitative estimate of drug-likeness (QED) is 0.156. The summed E-state index contributed by atoms with van der Waals surface area (Å²) in [6.07, 6.45) is -0.407. The highest BCUT2D eigenvalue weighted by atomic mass is 127. The number of ether oxygens (including phenoxy) is 2. The SMILES string of the molecule is CC(C)N(C(C)C)P(OCCC#N)OC[C@H]1O[C@@H](n2cc(I)c(=O)[nH]c2=O)C[C@@H]1OC(=O)c1ccccc1. The van der Waals surface area contributed by atoms with Gasteiger partial charge in [0.15, 0.2) is 0 Å². The average molecular weight is 658 g/mol. The molecule has 11 nitrogen and oxygen atoms in total. The number of nitrogens with zero attached hydrogens (tertiary/aromatic N) is 3. The molecule has 2 aromatic rings. The first-order chi connectivity index (χ1) is 18.1. The molecule has 0 spiro atoms. The van der Waals surface area contributed by atoms with Gasteiger partial charge in [-0.15, -0.1) is 0 Å². The van der Waals surface area contributed by atoms with Crippen molar-refractivity contribution in [3.05, 3.63) is 66.5 Å². The van der Waals surface area contributed by atoms with Gasteiger partial charge in [-0.25, -0.2) is 14.3 Å². The molecule has 0 amide bonds. The molecule has 0 saturated carbocycles. The van der Waals surface area contributed by atoms with E-state index >= 15 is 0 Å². The molecule has 1 fully saturated rings. The number of carbonyl (C=O) groups is 1. The summed E-state index contributed by atoms with van der Waals surface area (Å²) in [6.45, 7) is 8.36. The highest BCUT2D eigenvalue weighted by molar-refractivity contribution is 14.1. The number of nitriles is 1. The molecule has 1 aliphatic heterocycles. The summed E-state index contributed by atoms with van der Waals surface area (Å²) in [6, 6.07) is 10.9. The van der Waals surface area contributed by atoms with Gasteiger partial charge in [-0.05, 0) is 62.4 Å². The van der Waals surface area contributed by atoms with Crippen LogP contribution >= 0.6 is 31.1 Å². The summed E-state index contributed by atoms with van der Waals surface area (Å²) < 4.78 is 27.9. The van der Waals surface area contributed by atoms with Crippen LogP contribution in [0.4, 0.5) is 0 Å². The summed E-state index contributed by atoms with van der Waals surface area (Å²) >= 11 is 1.84. The van der Waals surface area contributed by atoms with Crippen molar-refractivity contribution >= 4 is 37.1 Å². The number of nitrogens with one attached hydrogen (secondary N) is 1. The number of aromatic nitrogens is 2. The normalized spacial score (nSPS) is 20.1. The second-order valence-corrected chi connectivity index (χ2v) is 11.8. The van der Waals surface area contributed by atoms with Crippen LogP contribution in [0.3, 0.4) is 0 Å². The second-order valence-electron chi connectivity index (χ2n) is 9.16. The van der Waals surface area contributed by atoms with E-state index in [0.717, 1.165) is 0 Å². The average Bonchev–Trinajstić information content (AvgIpc) is 3.26. The molecule has 0 bridgehead atoms. The van der Waals surface area contributed by atoms with E-state index in [2.05, 4.69) is 15.7 Å². The van der Waals surface area contributed by atoms with Crippen LogP contribution in [0.5, 0.6) is 0 Å². The van der Waals surface area contributed by atoms with E-state index in [1.54, 1.807) is 30.3 Å². The fourth-order valence-electron chi connectivity index (χ4n) is 4.05. The fraction of sp³-hybridized carbons (Fsp3) is 0.520. The predicted molar refractivity (Wildman–Crippen MR) is 149 cm³/mol. The minimum absolute atomic E-state index is 0.0205. The molecule has 0 aliphatic carbocycles. The Morgan fingerprint density at radius 1 is 1.24 bits per heavy atom. The maximum atomic E-state index is 12.9. The van der Waals surface area contributed by atoms with Crippen molar-refractivity contribution in [2.24, 2.45) is 0 Å². The minimum Gasteiger partial charge on any atom is -0.456 e. The number of hydrogen-bond donors (Lipinski definition) is 1. The number of esters is 1. The van der Waals surface area contributed by atoms with Gasteiger partial charge in [0.25, 0.3) is 14.1 Å². The molecule has 3 rings (SSSR count). The van der Waals surface area contributed by atoms with Gasteiger partial charge in [0.2, 0.25) is 0 Å². The highest BCUT2D eigenvalue weighted by Crippen LogP contribution is 2.47.